The van der Waals surface area contributed by atoms with Gasteiger partial charge < -0.3 is 0 Å². The normalized spacial score (nSPS) is 10.7. The molecule has 23 heavy (non-hydrogen) atoms. The zero-order valence-electron chi connectivity index (χ0n) is 12.7. The van der Waals surface area contributed by atoms with E-state index in [-0.39, 0.29) is 18.1 Å². The third kappa shape index (κ3) is 2.99. The lowest BCUT2D eigenvalue weighted by Crippen LogP contribution is -2.39. The first-order chi connectivity index (χ1) is 11.1. The van der Waals surface area contributed by atoms with Gasteiger partial charge in [-0.1, -0.05) is 30.3 Å². The van der Waals surface area contributed by atoms with Gasteiger partial charge in [0.1, 0.15) is 24.3 Å². The number of benzene rings is 2. The molecule has 0 bridgehead atoms. The van der Waals surface area contributed by atoms with Crippen molar-refractivity contribution in [2.45, 2.75) is 6.54 Å². The van der Waals surface area contributed by atoms with E-state index in [9.17, 15) is 9.18 Å². The molecule has 0 saturated carbocycles. The van der Waals surface area contributed by atoms with E-state index in [1.54, 1.807) is 4.57 Å². The van der Waals surface area contributed by atoms with Crippen molar-refractivity contribution in [3.05, 3.63) is 72.2 Å². The Kier molecular flexibility index (Phi) is 3.93. The van der Waals surface area contributed by atoms with Crippen LogP contribution in [0.3, 0.4) is 0 Å². The number of imidazole rings is 1. The third-order valence-corrected chi connectivity index (χ3v) is 3.83. The molecule has 0 spiro atoms. The number of halogens is 1. The van der Waals surface area contributed by atoms with Crippen LogP contribution >= 0.6 is 0 Å². The SMILES string of the molecule is Cn1c(-c2ccccc2)c[n+](CC(=O)c2ccc(F)cc2)c1N. The highest BCUT2D eigenvalue weighted by Crippen LogP contribution is 2.19. The van der Waals surface area contributed by atoms with Crippen LogP contribution in [0.4, 0.5) is 10.3 Å². The lowest BCUT2D eigenvalue weighted by molar-refractivity contribution is -0.667. The number of nitrogen functional groups attached to an aromatic ring is 1. The maximum atomic E-state index is 12.9. The fourth-order valence-corrected chi connectivity index (χ4v) is 2.50. The van der Waals surface area contributed by atoms with E-state index < -0.39 is 0 Å². The second kappa shape index (κ2) is 6.04. The molecule has 3 rings (SSSR count). The number of nitrogens with two attached hydrogens (primary N) is 1. The van der Waals surface area contributed by atoms with Gasteiger partial charge in [0.05, 0.1) is 7.05 Å². The van der Waals surface area contributed by atoms with E-state index in [1.165, 1.54) is 24.3 Å². The summed E-state index contributed by atoms with van der Waals surface area (Å²) in [7, 11) is 1.86. The summed E-state index contributed by atoms with van der Waals surface area (Å²) in [6.07, 6.45) is 1.85. The van der Waals surface area contributed by atoms with Crippen LogP contribution in [0.15, 0.2) is 60.8 Å². The number of hydrogen-bond donors (Lipinski definition) is 1. The number of anilines is 1. The van der Waals surface area contributed by atoms with Crippen molar-refractivity contribution in [3.8, 4) is 11.3 Å². The van der Waals surface area contributed by atoms with E-state index in [0.29, 0.717) is 11.5 Å². The fourth-order valence-electron chi connectivity index (χ4n) is 2.50. The third-order valence-electron chi connectivity index (χ3n) is 3.83. The van der Waals surface area contributed by atoms with Gasteiger partial charge in [0.15, 0.2) is 5.78 Å². The highest BCUT2D eigenvalue weighted by molar-refractivity contribution is 5.95. The van der Waals surface area contributed by atoms with E-state index in [1.807, 2.05) is 48.1 Å². The quantitative estimate of drug-likeness (QED) is 0.595. The van der Waals surface area contributed by atoms with Gasteiger partial charge in [-0.3, -0.25) is 10.5 Å². The summed E-state index contributed by atoms with van der Waals surface area (Å²) in [5.41, 5.74) is 8.52. The maximum absolute atomic E-state index is 12.9. The molecule has 1 aromatic heterocycles. The van der Waals surface area contributed by atoms with Gasteiger partial charge in [0.25, 0.3) is 0 Å². The van der Waals surface area contributed by atoms with Crippen LogP contribution in [0.2, 0.25) is 0 Å². The van der Waals surface area contributed by atoms with Crippen molar-refractivity contribution in [1.29, 1.82) is 0 Å². The molecule has 0 aliphatic rings. The summed E-state index contributed by atoms with van der Waals surface area (Å²) in [5.74, 6) is 0.00557. The summed E-state index contributed by atoms with van der Waals surface area (Å²) in [4.78, 5) is 12.3. The highest BCUT2D eigenvalue weighted by atomic mass is 19.1. The minimum Gasteiger partial charge on any atom is -0.291 e. The Hall–Kier alpha value is -2.95. The van der Waals surface area contributed by atoms with E-state index in [0.717, 1.165) is 11.3 Å². The lowest BCUT2D eigenvalue weighted by Gasteiger charge is -2.00. The number of carbonyl (C=O) groups is 1. The summed E-state index contributed by atoms with van der Waals surface area (Å²) < 4.78 is 16.5. The van der Waals surface area contributed by atoms with Crippen LogP contribution in [0.1, 0.15) is 10.4 Å². The summed E-state index contributed by atoms with van der Waals surface area (Å²) in [5, 5.41) is 0. The molecule has 0 saturated heterocycles. The first kappa shape index (κ1) is 15.0. The van der Waals surface area contributed by atoms with Gasteiger partial charge in [-0.05, 0) is 24.3 Å². The predicted octanol–water partition coefficient (Wildman–Crippen LogP) is 2.58. The summed E-state index contributed by atoms with van der Waals surface area (Å²) in [6.45, 7) is 0.109. The molecule has 0 aliphatic heterocycles. The Bertz CT molecular complexity index is 839. The van der Waals surface area contributed by atoms with Crippen LogP contribution in [0.5, 0.6) is 0 Å². The van der Waals surface area contributed by atoms with Crippen LogP contribution in [-0.2, 0) is 13.6 Å². The zero-order chi connectivity index (χ0) is 16.4. The zero-order valence-corrected chi connectivity index (χ0v) is 12.7. The molecular formula is C18H17FN3O+. The van der Waals surface area contributed by atoms with Crippen molar-refractivity contribution in [1.82, 2.24) is 4.57 Å². The molecule has 1 heterocycles. The number of ketones is 1. The number of Topliss-reactive ketones (excluding diaryl/α,β-unsaturated/α-hetero) is 1. The Labute approximate surface area is 133 Å². The second-order valence-corrected chi connectivity index (χ2v) is 5.36. The molecule has 0 radical (unpaired) electrons. The Morgan fingerprint density at radius 1 is 1.13 bits per heavy atom. The topological polar surface area (TPSA) is 51.9 Å². The first-order valence-corrected chi connectivity index (χ1v) is 7.25. The van der Waals surface area contributed by atoms with Gasteiger partial charge in [-0.2, -0.15) is 0 Å². The molecule has 0 aliphatic carbocycles. The summed E-state index contributed by atoms with van der Waals surface area (Å²) in [6, 6.07) is 15.3. The summed E-state index contributed by atoms with van der Waals surface area (Å²) >= 11 is 0. The van der Waals surface area contributed by atoms with Crippen LogP contribution in [-0.4, -0.2) is 10.4 Å². The van der Waals surface area contributed by atoms with E-state index in [4.69, 9.17) is 5.73 Å². The average Bonchev–Trinajstić information content (AvgIpc) is 2.85. The predicted molar refractivity (Wildman–Crippen MR) is 86.2 cm³/mol. The van der Waals surface area contributed by atoms with Gasteiger partial charge in [-0.25, -0.2) is 13.5 Å². The minimum atomic E-state index is -0.361. The van der Waals surface area contributed by atoms with Crippen molar-refractivity contribution >= 4 is 11.7 Å². The van der Waals surface area contributed by atoms with Crippen LogP contribution < -0.4 is 10.3 Å². The number of nitrogens with zero attached hydrogens (tertiary/aromatic N) is 2. The number of rotatable bonds is 4. The molecule has 5 heteroatoms. The van der Waals surface area contributed by atoms with Gasteiger partial charge in [-0.15, -0.1) is 0 Å². The Morgan fingerprint density at radius 3 is 2.43 bits per heavy atom. The molecule has 4 nitrogen and oxygen atoms in total. The molecule has 0 unspecified atom stereocenters. The molecule has 2 aromatic carbocycles. The standard InChI is InChI=1S/C18H16FN3O/c1-21-16(13-5-3-2-4-6-13)11-22(18(21)20)12-17(23)14-7-9-15(19)10-8-14/h2-11,20H,12H2,1H3/p+1. The van der Waals surface area contributed by atoms with Gasteiger partial charge >= 0.3 is 5.95 Å². The van der Waals surface area contributed by atoms with Gasteiger partial charge in [0, 0.05) is 11.1 Å². The molecular weight excluding hydrogens is 293 g/mol. The highest BCUT2D eigenvalue weighted by Gasteiger charge is 2.20. The lowest BCUT2D eigenvalue weighted by atomic mass is 10.1. The molecule has 3 aromatic rings. The molecule has 0 atom stereocenters. The monoisotopic (exact) mass is 310 g/mol. The van der Waals surface area contributed by atoms with Crippen LogP contribution in [0, 0.1) is 5.82 Å². The second-order valence-electron chi connectivity index (χ2n) is 5.36. The first-order valence-electron chi connectivity index (χ1n) is 7.25. The van der Waals surface area contributed by atoms with Gasteiger partial charge in [0.2, 0.25) is 0 Å². The van der Waals surface area contributed by atoms with Crippen molar-refractivity contribution in [2.24, 2.45) is 7.05 Å². The van der Waals surface area contributed by atoms with Crippen molar-refractivity contribution in [3.63, 3.8) is 0 Å². The Balaban J connectivity index is 1.89. The number of aromatic nitrogens is 2. The number of hydrogen-bond acceptors (Lipinski definition) is 2. The Morgan fingerprint density at radius 2 is 1.78 bits per heavy atom. The fraction of sp³-hybridized carbons (Fsp3) is 0.111. The molecule has 2 N–H and O–H groups in total. The molecule has 0 fully saturated rings. The maximum Gasteiger partial charge on any atom is 0.355 e. The van der Waals surface area contributed by atoms with Crippen molar-refractivity contribution < 1.29 is 13.8 Å². The van der Waals surface area contributed by atoms with E-state index in [2.05, 4.69) is 0 Å². The smallest absolute Gasteiger partial charge is 0.291 e. The number of carbonyl (C=O) groups excluding carboxylic acids is 1. The molecule has 116 valence electrons. The largest absolute Gasteiger partial charge is 0.355 e. The van der Waals surface area contributed by atoms with Crippen molar-refractivity contribution in [2.75, 3.05) is 5.73 Å². The van der Waals surface area contributed by atoms with E-state index >= 15 is 0 Å². The average molecular weight is 310 g/mol. The minimum absolute atomic E-state index is 0.109. The van der Waals surface area contributed by atoms with Crippen LogP contribution in [0.25, 0.3) is 11.3 Å². The molecule has 0 amide bonds.